The van der Waals surface area contributed by atoms with Crippen LogP contribution in [0.25, 0.3) is 10.2 Å². The summed E-state index contributed by atoms with van der Waals surface area (Å²) < 4.78 is 31.4. The fourth-order valence-corrected chi connectivity index (χ4v) is 6.31. The summed E-state index contributed by atoms with van der Waals surface area (Å²) in [5.41, 5.74) is 2.95. The van der Waals surface area contributed by atoms with Gasteiger partial charge in [0.2, 0.25) is 0 Å². The Morgan fingerprint density at radius 3 is 2.29 bits per heavy atom. The Balaban J connectivity index is 1.40. The van der Waals surface area contributed by atoms with Crippen molar-refractivity contribution in [2.45, 2.75) is 24.4 Å². The molecule has 0 saturated heterocycles. The van der Waals surface area contributed by atoms with Gasteiger partial charge < -0.3 is 5.32 Å². The van der Waals surface area contributed by atoms with Gasteiger partial charge in [-0.15, -0.1) is 0 Å². The van der Waals surface area contributed by atoms with Gasteiger partial charge in [0.05, 0.1) is 38.9 Å². The molecule has 9 heteroatoms. The van der Waals surface area contributed by atoms with Gasteiger partial charge in [0.15, 0.2) is 0 Å². The van der Waals surface area contributed by atoms with E-state index in [2.05, 4.69) is 10.0 Å². The number of hydrogen-bond donors (Lipinski definition) is 2. The van der Waals surface area contributed by atoms with E-state index in [0.717, 1.165) is 22.5 Å². The Kier molecular flexibility index (Phi) is 7.13. The molecule has 0 spiro atoms. The van der Waals surface area contributed by atoms with Crippen molar-refractivity contribution in [1.82, 2.24) is 9.88 Å². The molecule has 1 heterocycles. The monoisotopic (exact) mass is 543 g/mol. The van der Waals surface area contributed by atoms with E-state index in [1.807, 2.05) is 67.6 Å². The van der Waals surface area contributed by atoms with Crippen LogP contribution in [0.2, 0.25) is 0 Å². The zero-order valence-electron chi connectivity index (χ0n) is 20.5. The van der Waals surface area contributed by atoms with E-state index in [0.29, 0.717) is 16.8 Å². The lowest BCUT2D eigenvalue weighted by Gasteiger charge is -2.17. The molecule has 0 fully saturated rings. The molecule has 38 heavy (non-hydrogen) atoms. The molecule has 192 valence electrons. The second-order valence-corrected chi connectivity index (χ2v) is 11.5. The van der Waals surface area contributed by atoms with Crippen molar-refractivity contribution >= 4 is 43.2 Å². The van der Waals surface area contributed by atoms with Crippen molar-refractivity contribution in [2.24, 2.45) is 0 Å². The molecular formula is C29H25N3O4S2. The molecule has 0 bridgehead atoms. The predicted octanol–water partition coefficient (Wildman–Crippen LogP) is 5.40. The largest absolute Gasteiger partial charge is 0.345 e. The molecule has 0 saturated carbocycles. The molecule has 7 nitrogen and oxygen atoms in total. The molecule has 0 radical (unpaired) electrons. The second kappa shape index (κ2) is 10.6. The van der Waals surface area contributed by atoms with Crippen molar-refractivity contribution in [1.29, 1.82) is 0 Å². The third kappa shape index (κ3) is 5.39. The van der Waals surface area contributed by atoms with Crippen LogP contribution in [0.5, 0.6) is 0 Å². The van der Waals surface area contributed by atoms with E-state index in [9.17, 15) is 18.0 Å². The Morgan fingerprint density at radius 2 is 1.55 bits per heavy atom. The quantitative estimate of drug-likeness (QED) is 0.274. The second-order valence-electron chi connectivity index (χ2n) is 8.83. The summed E-state index contributed by atoms with van der Waals surface area (Å²) in [7, 11) is -4.04. The lowest BCUT2D eigenvalue weighted by molar-refractivity contribution is 0.0941. The third-order valence-corrected chi connectivity index (χ3v) is 8.50. The van der Waals surface area contributed by atoms with Gasteiger partial charge in [-0.05, 0) is 48.4 Å². The van der Waals surface area contributed by atoms with Crippen molar-refractivity contribution in [3.05, 3.63) is 129 Å². The normalized spacial score (nSPS) is 12.2. The summed E-state index contributed by atoms with van der Waals surface area (Å²) in [4.78, 5) is 25.6. The number of anilines is 1. The van der Waals surface area contributed by atoms with E-state index >= 15 is 0 Å². The highest BCUT2D eigenvalue weighted by Gasteiger charge is 2.21. The molecule has 4 aromatic carbocycles. The minimum atomic E-state index is -4.04. The lowest BCUT2D eigenvalue weighted by Crippen LogP contribution is -2.28. The summed E-state index contributed by atoms with van der Waals surface area (Å²) in [6.45, 7) is 2.26. The molecule has 0 aliphatic carbocycles. The average molecular weight is 544 g/mol. The van der Waals surface area contributed by atoms with E-state index < -0.39 is 15.9 Å². The first-order valence-electron chi connectivity index (χ1n) is 12.0. The first kappa shape index (κ1) is 25.4. The average Bonchev–Trinajstić information content (AvgIpc) is 3.23. The first-order valence-corrected chi connectivity index (χ1v) is 14.3. The van der Waals surface area contributed by atoms with E-state index in [-0.39, 0.29) is 27.1 Å². The zero-order chi connectivity index (χ0) is 26.7. The van der Waals surface area contributed by atoms with Gasteiger partial charge in [-0.25, -0.2) is 8.42 Å². The van der Waals surface area contributed by atoms with Crippen LogP contribution in [0.3, 0.4) is 0 Å². The molecule has 5 rings (SSSR count). The third-order valence-electron chi connectivity index (χ3n) is 6.20. The zero-order valence-corrected chi connectivity index (χ0v) is 22.1. The van der Waals surface area contributed by atoms with Crippen LogP contribution in [0.4, 0.5) is 5.69 Å². The van der Waals surface area contributed by atoms with Crippen LogP contribution >= 0.6 is 11.3 Å². The fraction of sp³-hybridized carbons (Fsp3) is 0.103. The number of aromatic nitrogens is 1. The Labute approximate surface area is 224 Å². The van der Waals surface area contributed by atoms with Crippen molar-refractivity contribution in [2.75, 3.05) is 4.72 Å². The van der Waals surface area contributed by atoms with E-state index in [4.69, 9.17) is 0 Å². The highest BCUT2D eigenvalue weighted by Crippen LogP contribution is 2.26. The number of nitrogens with zero attached hydrogens (tertiary/aromatic N) is 1. The fourth-order valence-electron chi connectivity index (χ4n) is 4.20. The van der Waals surface area contributed by atoms with Gasteiger partial charge in [0.25, 0.3) is 15.9 Å². The number of rotatable bonds is 8. The van der Waals surface area contributed by atoms with Gasteiger partial charge >= 0.3 is 4.87 Å². The number of carbonyl (C=O) groups is 1. The Bertz CT molecular complexity index is 1760. The molecule has 1 unspecified atom stereocenters. The Hall–Kier alpha value is -4.21. The molecule has 1 aromatic heterocycles. The first-order chi connectivity index (χ1) is 18.3. The van der Waals surface area contributed by atoms with Gasteiger partial charge in [-0.2, -0.15) is 0 Å². The molecule has 5 aromatic rings. The highest BCUT2D eigenvalue weighted by atomic mass is 32.2. The molecule has 0 aliphatic heterocycles. The van der Waals surface area contributed by atoms with Crippen LogP contribution in [-0.2, 0) is 16.6 Å². The molecule has 1 atom stereocenters. The van der Waals surface area contributed by atoms with Crippen LogP contribution in [-0.4, -0.2) is 18.9 Å². The molecule has 1 amide bonds. The standard InChI is InChI=1S/C29H25N3O4S2/c1-20(22-12-6-3-7-13-22)30-28(33)24-14-8-9-15-25(24)31-38(35,36)23-16-17-26-27(18-23)37-29(34)32(26)19-21-10-4-2-5-11-21/h2-18,20,31H,19H2,1H3,(H,30,33). The van der Waals surface area contributed by atoms with E-state index in [1.165, 1.54) is 12.1 Å². The van der Waals surface area contributed by atoms with Gasteiger partial charge in [-0.1, -0.05) is 84.1 Å². The van der Waals surface area contributed by atoms with Crippen molar-refractivity contribution in [3.63, 3.8) is 0 Å². The predicted molar refractivity (Wildman–Crippen MR) is 151 cm³/mol. The maximum Gasteiger partial charge on any atom is 0.308 e. The van der Waals surface area contributed by atoms with Crippen LogP contribution in [0.15, 0.2) is 113 Å². The van der Waals surface area contributed by atoms with E-state index in [1.54, 1.807) is 34.9 Å². The summed E-state index contributed by atoms with van der Waals surface area (Å²) in [6.07, 6.45) is 0. The van der Waals surface area contributed by atoms with Gasteiger partial charge in [0.1, 0.15) is 0 Å². The number of carbonyl (C=O) groups excluding carboxylic acids is 1. The number of thiazole rings is 1. The minimum Gasteiger partial charge on any atom is -0.345 e. The van der Waals surface area contributed by atoms with Crippen molar-refractivity contribution in [3.8, 4) is 0 Å². The van der Waals surface area contributed by atoms with Gasteiger partial charge in [-0.3, -0.25) is 18.9 Å². The van der Waals surface area contributed by atoms with Crippen molar-refractivity contribution < 1.29 is 13.2 Å². The summed E-state index contributed by atoms with van der Waals surface area (Å²) >= 11 is 0.998. The summed E-state index contributed by atoms with van der Waals surface area (Å²) in [6, 6.07) is 29.9. The van der Waals surface area contributed by atoms with Crippen LogP contribution in [0.1, 0.15) is 34.5 Å². The van der Waals surface area contributed by atoms with Crippen LogP contribution < -0.4 is 14.9 Å². The summed E-state index contributed by atoms with van der Waals surface area (Å²) in [5, 5.41) is 2.92. The number of sulfonamides is 1. The SMILES string of the molecule is CC(NC(=O)c1ccccc1NS(=O)(=O)c1ccc2c(c1)sc(=O)n2Cc1ccccc1)c1ccccc1. The van der Waals surface area contributed by atoms with Crippen LogP contribution in [0, 0.1) is 0 Å². The number of para-hydroxylation sites is 1. The van der Waals surface area contributed by atoms with Gasteiger partial charge in [0, 0.05) is 0 Å². The minimum absolute atomic E-state index is 0.00553. The maximum atomic E-state index is 13.3. The number of amides is 1. The highest BCUT2D eigenvalue weighted by molar-refractivity contribution is 7.92. The lowest BCUT2D eigenvalue weighted by atomic mass is 10.1. The smallest absolute Gasteiger partial charge is 0.308 e. The number of fused-ring (bicyclic) bond motifs is 1. The Morgan fingerprint density at radius 1 is 0.895 bits per heavy atom. The molecule has 2 N–H and O–H groups in total. The topological polar surface area (TPSA) is 97.3 Å². The number of hydrogen-bond acceptors (Lipinski definition) is 5. The molecular weight excluding hydrogens is 518 g/mol. The maximum absolute atomic E-state index is 13.3. The number of benzene rings is 4. The summed E-state index contributed by atoms with van der Waals surface area (Å²) in [5.74, 6) is -0.397. The number of nitrogens with one attached hydrogen (secondary N) is 2. The molecule has 0 aliphatic rings.